The SMILES string of the molecule is C.C.C.C.Cl.Cl.OC1(c2ccc(Cl)cc2)CCN(c2ncnc3ccc(-c4cn[nH]c4)cc23)CC1. The third kappa shape index (κ3) is 6.85. The Morgan fingerprint density at radius 1 is 0.886 bits per heavy atom. The highest BCUT2D eigenvalue weighted by Crippen LogP contribution is 2.36. The van der Waals surface area contributed by atoms with Crippen LogP contribution in [0.2, 0.25) is 5.02 Å². The monoisotopic (exact) mass is 541 g/mol. The Morgan fingerprint density at radius 3 is 2.14 bits per heavy atom. The van der Waals surface area contributed by atoms with Gasteiger partial charge >= 0.3 is 0 Å². The van der Waals surface area contributed by atoms with Gasteiger partial charge in [-0.05, 0) is 48.2 Å². The van der Waals surface area contributed by atoms with Gasteiger partial charge in [0.25, 0.3) is 0 Å². The van der Waals surface area contributed by atoms with E-state index < -0.39 is 5.60 Å². The molecule has 5 rings (SSSR count). The summed E-state index contributed by atoms with van der Waals surface area (Å²) >= 11 is 5.99. The zero-order valence-corrected chi connectivity index (χ0v) is 18.9. The highest BCUT2D eigenvalue weighted by atomic mass is 35.5. The maximum Gasteiger partial charge on any atom is 0.139 e. The van der Waals surface area contributed by atoms with E-state index in [1.54, 1.807) is 12.5 Å². The van der Waals surface area contributed by atoms with Crippen molar-refractivity contribution >= 4 is 53.1 Å². The summed E-state index contributed by atoms with van der Waals surface area (Å²) in [4.78, 5) is 11.2. The van der Waals surface area contributed by atoms with Crippen molar-refractivity contribution in [3.05, 3.63) is 71.8 Å². The van der Waals surface area contributed by atoms with Crippen molar-refractivity contribution in [3.63, 3.8) is 0 Å². The summed E-state index contributed by atoms with van der Waals surface area (Å²) < 4.78 is 0. The summed E-state index contributed by atoms with van der Waals surface area (Å²) in [6, 6.07) is 13.6. The molecule has 0 bridgehead atoms. The molecule has 35 heavy (non-hydrogen) atoms. The first-order valence-electron chi connectivity index (χ1n) is 9.60. The minimum atomic E-state index is -0.841. The Morgan fingerprint density at radius 2 is 1.54 bits per heavy atom. The number of aromatic amines is 1. The topological polar surface area (TPSA) is 77.9 Å². The van der Waals surface area contributed by atoms with E-state index in [0.29, 0.717) is 31.0 Å². The van der Waals surface area contributed by atoms with Gasteiger partial charge in [-0.3, -0.25) is 5.10 Å². The average Bonchev–Trinajstić information content (AvgIpc) is 3.29. The van der Waals surface area contributed by atoms with Crippen molar-refractivity contribution in [1.29, 1.82) is 0 Å². The van der Waals surface area contributed by atoms with Crippen LogP contribution in [0, 0.1) is 0 Å². The van der Waals surface area contributed by atoms with Crippen molar-refractivity contribution < 1.29 is 5.11 Å². The summed E-state index contributed by atoms with van der Waals surface area (Å²) in [6.07, 6.45) is 6.54. The number of H-pyrrole nitrogens is 1. The standard InChI is InChI=1S/C22H20ClN5O.4CH4.2ClH/c23-18-4-2-17(3-5-18)22(29)7-9-28(10-8-22)21-19-11-15(16-12-26-27-13-16)1-6-20(19)24-14-25-21;;;;;;/h1-6,11-14,29H,7-10H2,(H,26,27);4*1H4;2*1H. The number of fused-ring (bicyclic) bond motifs is 1. The van der Waals surface area contributed by atoms with Crippen LogP contribution in [0.5, 0.6) is 0 Å². The molecule has 6 nitrogen and oxygen atoms in total. The molecule has 4 aromatic rings. The van der Waals surface area contributed by atoms with Crippen LogP contribution in [-0.2, 0) is 5.60 Å². The highest BCUT2D eigenvalue weighted by molar-refractivity contribution is 6.30. The van der Waals surface area contributed by atoms with Gasteiger partial charge in [-0.2, -0.15) is 5.10 Å². The van der Waals surface area contributed by atoms with Crippen LogP contribution in [0.1, 0.15) is 48.1 Å². The first kappa shape index (κ1) is 34.8. The van der Waals surface area contributed by atoms with Crippen molar-refractivity contribution in [2.45, 2.75) is 48.1 Å². The van der Waals surface area contributed by atoms with E-state index >= 15 is 0 Å². The van der Waals surface area contributed by atoms with E-state index in [9.17, 15) is 5.11 Å². The van der Waals surface area contributed by atoms with Crippen LogP contribution < -0.4 is 4.90 Å². The maximum absolute atomic E-state index is 11.2. The molecular weight excluding hydrogens is 505 g/mol. The summed E-state index contributed by atoms with van der Waals surface area (Å²) in [5.74, 6) is 0.901. The van der Waals surface area contributed by atoms with E-state index in [1.807, 2.05) is 42.6 Å². The van der Waals surface area contributed by atoms with Gasteiger partial charge in [-0.1, -0.05) is 59.5 Å². The Labute approximate surface area is 227 Å². The predicted molar refractivity (Wildman–Crippen MR) is 155 cm³/mol. The predicted octanol–water partition coefficient (Wildman–Crippen LogP) is 7.55. The lowest BCUT2D eigenvalue weighted by molar-refractivity contribution is 0.0117. The lowest BCUT2D eigenvalue weighted by Gasteiger charge is -2.39. The molecule has 2 aromatic heterocycles. The number of benzene rings is 2. The average molecular weight is 543 g/mol. The number of halogens is 3. The molecule has 0 unspecified atom stereocenters. The van der Waals surface area contributed by atoms with Gasteiger partial charge in [0.1, 0.15) is 12.1 Å². The second-order valence-electron chi connectivity index (χ2n) is 7.44. The second-order valence-corrected chi connectivity index (χ2v) is 7.88. The molecule has 2 aromatic carbocycles. The molecule has 0 spiro atoms. The van der Waals surface area contributed by atoms with Crippen molar-refractivity contribution in [2.75, 3.05) is 18.0 Å². The third-order valence-corrected chi connectivity index (χ3v) is 5.97. The number of nitrogens with zero attached hydrogens (tertiary/aromatic N) is 4. The van der Waals surface area contributed by atoms with Crippen molar-refractivity contribution in [1.82, 2.24) is 20.2 Å². The molecule has 0 saturated carbocycles. The number of rotatable bonds is 3. The van der Waals surface area contributed by atoms with Gasteiger partial charge in [0, 0.05) is 35.3 Å². The molecule has 0 amide bonds. The maximum atomic E-state index is 11.2. The molecule has 0 atom stereocenters. The molecule has 9 heteroatoms. The number of aromatic nitrogens is 4. The Kier molecular flexibility index (Phi) is 14.2. The molecule has 0 radical (unpaired) electrons. The fraction of sp³-hybridized carbons (Fsp3) is 0.346. The molecule has 1 aliphatic rings. The Bertz CT molecular complexity index is 1150. The highest BCUT2D eigenvalue weighted by Gasteiger charge is 2.34. The van der Waals surface area contributed by atoms with Gasteiger partial charge in [-0.15, -0.1) is 24.8 Å². The molecule has 194 valence electrons. The van der Waals surface area contributed by atoms with Crippen molar-refractivity contribution in [3.8, 4) is 11.1 Å². The van der Waals surface area contributed by atoms with Crippen LogP contribution >= 0.6 is 36.4 Å². The van der Waals surface area contributed by atoms with E-state index in [1.165, 1.54) is 0 Å². The second kappa shape index (κ2) is 14.2. The first-order valence-corrected chi connectivity index (χ1v) is 9.97. The molecule has 1 saturated heterocycles. The molecular formula is C26H38Cl3N5O. The van der Waals surface area contributed by atoms with Crippen LogP contribution in [-0.4, -0.2) is 38.4 Å². The van der Waals surface area contributed by atoms with Crippen LogP contribution in [0.25, 0.3) is 22.0 Å². The first-order chi connectivity index (χ1) is 14.1. The number of aliphatic hydroxyl groups is 1. The largest absolute Gasteiger partial charge is 0.385 e. The number of hydrogen-bond donors (Lipinski definition) is 2. The van der Waals surface area contributed by atoms with E-state index in [0.717, 1.165) is 33.4 Å². The van der Waals surface area contributed by atoms with Gasteiger partial charge in [-0.25, -0.2) is 9.97 Å². The fourth-order valence-corrected chi connectivity index (χ4v) is 4.15. The summed E-state index contributed by atoms with van der Waals surface area (Å²) in [5, 5.41) is 19.7. The molecule has 1 aliphatic heterocycles. The van der Waals surface area contributed by atoms with Crippen LogP contribution in [0.3, 0.4) is 0 Å². The van der Waals surface area contributed by atoms with Gasteiger partial charge < -0.3 is 10.0 Å². The zero-order valence-electron chi connectivity index (χ0n) is 16.5. The summed E-state index contributed by atoms with van der Waals surface area (Å²) in [5.41, 5.74) is 3.07. The Hall–Kier alpha value is -2.38. The lowest BCUT2D eigenvalue weighted by atomic mass is 9.84. The summed E-state index contributed by atoms with van der Waals surface area (Å²) in [7, 11) is 0. The van der Waals surface area contributed by atoms with E-state index in [-0.39, 0.29) is 54.5 Å². The normalized spacial score (nSPS) is 13.5. The number of anilines is 1. The fourth-order valence-electron chi connectivity index (χ4n) is 4.02. The number of nitrogens with one attached hydrogen (secondary N) is 1. The number of hydrogen-bond acceptors (Lipinski definition) is 5. The minimum absolute atomic E-state index is 0. The Balaban J connectivity index is 0. The van der Waals surface area contributed by atoms with Gasteiger partial charge in [0.15, 0.2) is 0 Å². The van der Waals surface area contributed by atoms with Crippen molar-refractivity contribution in [2.24, 2.45) is 0 Å². The van der Waals surface area contributed by atoms with Crippen LogP contribution in [0.4, 0.5) is 5.82 Å². The molecule has 0 aliphatic carbocycles. The third-order valence-electron chi connectivity index (χ3n) is 5.72. The zero-order chi connectivity index (χ0) is 19.8. The van der Waals surface area contributed by atoms with E-state index in [2.05, 4.69) is 31.1 Å². The summed E-state index contributed by atoms with van der Waals surface area (Å²) in [6.45, 7) is 1.42. The smallest absolute Gasteiger partial charge is 0.139 e. The van der Waals surface area contributed by atoms with Crippen LogP contribution in [0.15, 0.2) is 61.2 Å². The van der Waals surface area contributed by atoms with Gasteiger partial charge in [0.05, 0.1) is 17.3 Å². The van der Waals surface area contributed by atoms with Gasteiger partial charge in [0.2, 0.25) is 0 Å². The number of piperidine rings is 1. The molecule has 1 fully saturated rings. The molecule has 2 N–H and O–H groups in total. The quantitative estimate of drug-likeness (QED) is 0.279. The minimum Gasteiger partial charge on any atom is -0.385 e. The van der Waals surface area contributed by atoms with E-state index in [4.69, 9.17) is 11.6 Å². The lowest BCUT2D eigenvalue weighted by Crippen LogP contribution is -2.43. The molecule has 3 heterocycles.